The van der Waals surface area contributed by atoms with Crippen LogP contribution in [0.5, 0.6) is 0 Å². The van der Waals surface area contributed by atoms with Crippen molar-refractivity contribution in [3.8, 4) is 5.69 Å². The molecule has 1 amide bonds. The van der Waals surface area contributed by atoms with Crippen LogP contribution >= 0.6 is 0 Å². The molecule has 1 aliphatic heterocycles. The molecule has 1 N–H and O–H groups in total. The molecule has 0 aliphatic carbocycles. The normalized spacial score (nSPS) is 15.2. The molecular weight excluding hydrogens is 390 g/mol. The summed E-state index contributed by atoms with van der Waals surface area (Å²) in [7, 11) is 1.69. The Kier molecular flexibility index (Phi) is 6.04. The van der Waals surface area contributed by atoms with Gasteiger partial charge in [-0.1, -0.05) is 24.3 Å². The number of nitrogens with zero attached hydrogens (tertiary/aromatic N) is 4. The second-order valence-electron chi connectivity index (χ2n) is 8.33. The molecule has 0 spiro atoms. The molecule has 0 saturated carbocycles. The average molecular weight is 420 g/mol. The summed E-state index contributed by atoms with van der Waals surface area (Å²) in [6, 6.07) is 15.6. The van der Waals surface area contributed by atoms with Crippen LogP contribution in [-0.4, -0.2) is 44.8 Å². The monoisotopic (exact) mass is 419 g/mol. The van der Waals surface area contributed by atoms with Crippen molar-refractivity contribution >= 4 is 11.6 Å². The van der Waals surface area contributed by atoms with Gasteiger partial charge in [0.2, 0.25) is 5.91 Å². The fraction of sp³-hybridized carbons (Fsp3) is 0.375. The molecule has 2 aromatic carbocycles. The molecule has 1 aromatic heterocycles. The maximum Gasteiger partial charge on any atom is 0.350 e. The van der Waals surface area contributed by atoms with Gasteiger partial charge in [-0.2, -0.15) is 5.10 Å². The predicted molar refractivity (Wildman–Crippen MR) is 122 cm³/mol. The van der Waals surface area contributed by atoms with E-state index in [4.69, 9.17) is 0 Å². The van der Waals surface area contributed by atoms with Crippen LogP contribution in [0.2, 0.25) is 0 Å². The molecule has 1 aliphatic rings. The second-order valence-corrected chi connectivity index (χ2v) is 8.33. The average Bonchev–Trinajstić information content (AvgIpc) is 3.06. The Balaban J connectivity index is 1.39. The highest BCUT2D eigenvalue weighted by Gasteiger charge is 2.27. The first-order chi connectivity index (χ1) is 14.9. The molecule has 2 heterocycles. The van der Waals surface area contributed by atoms with Crippen molar-refractivity contribution in [1.82, 2.24) is 19.2 Å². The molecule has 0 atom stereocenters. The number of aromatic nitrogens is 3. The Morgan fingerprint density at radius 3 is 2.45 bits per heavy atom. The summed E-state index contributed by atoms with van der Waals surface area (Å²) in [5, 5.41) is 7.54. The lowest BCUT2D eigenvalue weighted by molar-refractivity contribution is -0.117. The van der Waals surface area contributed by atoms with Gasteiger partial charge in [0.25, 0.3) is 0 Å². The number of likely N-dealkylation sites (tertiary alicyclic amines) is 1. The number of anilines is 1. The van der Waals surface area contributed by atoms with Crippen LogP contribution in [0.25, 0.3) is 5.69 Å². The van der Waals surface area contributed by atoms with Crippen LogP contribution in [0.3, 0.4) is 0 Å². The van der Waals surface area contributed by atoms with Crippen LogP contribution in [0.15, 0.2) is 53.3 Å². The molecule has 1 fully saturated rings. The fourth-order valence-corrected chi connectivity index (χ4v) is 4.14. The first-order valence-electron chi connectivity index (χ1n) is 10.7. The van der Waals surface area contributed by atoms with Gasteiger partial charge in [-0.05, 0) is 75.2 Å². The van der Waals surface area contributed by atoms with E-state index >= 15 is 0 Å². The number of benzene rings is 2. The summed E-state index contributed by atoms with van der Waals surface area (Å²) in [6.45, 7) is 6.06. The minimum absolute atomic E-state index is 0.000679. The number of hydrogen-bond acceptors (Lipinski definition) is 4. The molecule has 1 saturated heterocycles. The number of para-hydroxylation sites is 1. The second kappa shape index (κ2) is 8.89. The number of rotatable bonds is 5. The molecule has 7 heteroatoms. The van der Waals surface area contributed by atoms with Gasteiger partial charge in [-0.15, -0.1) is 0 Å². The van der Waals surface area contributed by atoms with Crippen molar-refractivity contribution in [2.75, 3.05) is 25.0 Å². The number of carbonyl (C=O) groups is 1. The fourth-order valence-electron chi connectivity index (χ4n) is 4.14. The van der Waals surface area contributed by atoms with Crippen molar-refractivity contribution in [2.24, 2.45) is 7.05 Å². The van der Waals surface area contributed by atoms with Crippen LogP contribution < -0.4 is 11.0 Å². The van der Waals surface area contributed by atoms with Gasteiger partial charge >= 0.3 is 5.69 Å². The van der Waals surface area contributed by atoms with E-state index in [0.29, 0.717) is 6.54 Å². The Labute approximate surface area is 182 Å². The minimum atomic E-state index is -0.128. The smallest absolute Gasteiger partial charge is 0.325 e. The Morgan fingerprint density at radius 1 is 1.06 bits per heavy atom. The highest BCUT2D eigenvalue weighted by Crippen LogP contribution is 2.27. The Hall–Kier alpha value is -3.19. The van der Waals surface area contributed by atoms with Crippen LogP contribution in [0.1, 0.15) is 35.7 Å². The van der Waals surface area contributed by atoms with Crippen molar-refractivity contribution in [3.05, 3.63) is 76.0 Å². The lowest BCUT2D eigenvalue weighted by atomic mass is 9.95. The number of amides is 1. The molecule has 0 radical (unpaired) electrons. The zero-order chi connectivity index (χ0) is 22.0. The third-order valence-corrected chi connectivity index (χ3v) is 6.07. The summed E-state index contributed by atoms with van der Waals surface area (Å²) >= 11 is 0. The van der Waals surface area contributed by atoms with E-state index in [1.165, 1.54) is 15.8 Å². The number of hydrogen-bond donors (Lipinski definition) is 1. The van der Waals surface area contributed by atoms with Crippen LogP contribution in [0.4, 0.5) is 5.69 Å². The molecule has 7 nitrogen and oxygen atoms in total. The number of nitrogens with one attached hydrogen (secondary N) is 1. The van der Waals surface area contributed by atoms with Gasteiger partial charge in [0.1, 0.15) is 5.82 Å². The standard InChI is InChI=1S/C24H29N5O2/c1-17-9-10-20(15-18(17)2)25-22(30)16-28-13-11-19(12-14-28)23-26-27(3)24(31)29(23)21-7-5-4-6-8-21/h4-10,15,19H,11-14,16H2,1-3H3,(H,25,30). The topological polar surface area (TPSA) is 72.2 Å². The van der Waals surface area contributed by atoms with Crippen LogP contribution in [-0.2, 0) is 11.8 Å². The van der Waals surface area contributed by atoms with E-state index in [0.717, 1.165) is 43.1 Å². The molecule has 162 valence electrons. The van der Waals surface area contributed by atoms with E-state index in [2.05, 4.69) is 22.2 Å². The lowest BCUT2D eigenvalue weighted by Gasteiger charge is -2.31. The zero-order valence-electron chi connectivity index (χ0n) is 18.3. The maximum atomic E-state index is 12.7. The number of carbonyl (C=O) groups excluding carboxylic acids is 1. The van der Waals surface area contributed by atoms with Gasteiger partial charge in [0.15, 0.2) is 0 Å². The van der Waals surface area contributed by atoms with Gasteiger partial charge in [0, 0.05) is 18.7 Å². The molecule has 3 aromatic rings. The largest absolute Gasteiger partial charge is 0.350 e. The zero-order valence-corrected chi connectivity index (χ0v) is 18.3. The summed E-state index contributed by atoms with van der Waals surface area (Å²) in [5.41, 5.74) is 3.92. The maximum absolute atomic E-state index is 12.7. The Morgan fingerprint density at radius 2 is 1.77 bits per heavy atom. The third kappa shape index (κ3) is 4.61. The van der Waals surface area contributed by atoms with Gasteiger partial charge in [0.05, 0.1) is 12.2 Å². The molecular formula is C24H29N5O2. The van der Waals surface area contributed by atoms with Gasteiger partial charge < -0.3 is 5.32 Å². The van der Waals surface area contributed by atoms with Crippen molar-refractivity contribution < 1.29 is 4.79 Å². The number of piperidine rings is 1. The highest BCUT2D eigenvalue weighted by atomic mass is 16.2. The molecule has 0 unspecified atom stereocenters. The van der Waals surface area contributed by atoms with Gasteiger partial charge in [-0.25, -0.2) is 14.0 Å². The molecule has 0 bridgehead atoms. The molecule has 31 heavy (non-hydrogen) atoms. The SMILES string of the molecule is Cc1ccc(NC(=O)CN2CCC(c3nn(C)c(=O)n3-c3ccccc3)CC2)cc1C. The summed E-state index contributed by atoms with van der Waals surface area (Å²) in [6.07, 6.45) is 1.72. The van der Waals surface area contributed by atoms with E-state index < -0.39 is 0 Å². The summed E-state index contributed by atoms with van der Waals surface area (Å²) in [5.74, 6) is 0.992. The van der Waals surface area contributed by atoms with Crippen molar-refractivity contribution in [2.45, 2.75) is 32.6 Å². The van der Waals surface area contributed by atoms with Gasteiger partial charge in [-0.3, -0.25) is 9.69 Å². The van der Waals surface area contributed by atoms with Crippen molar-refractivity contribution in [3.63, 3.8) is 0 Å². The predicted octanol–water partition coefficient (Wildman–Crippen LogP) is 3.01. The van der Waals surface area contributed by atoms with Crippen LogP contribution in [0, 0.1) is 13.8 Å². The summed E-state index contributed by atoms with van der Waals surface area (Å²) < 4.78 is 3.12. The Bertz CT molecular complexity index is 1120. The van der Waals surface area contributed by atoms with E-state index in [1.807, 2.05) is 55.5 Å². The third-order valence-electron chi connectivity index (χ3n) is 6.07. The van der Waals surface area contributed by atoms with E-state index in [-0.39, 0.29) is 17.5 Å². The highest BCUT2D eigenvalue weighted by molar-refractivity contribution is 5.92. The first-order valence-corrected chi connectivity index (χ1v) is 10.7. The first kappa shape index (κ1) is 21.1. The van der Waals surface area contributed by atoms with E-state index in [9.17, 15) is 9.59 Å². The summed E-state index contributed by atoms with van der Waals surface area (Å²) in [4.78, 5) is 27.3. The lowest BCUT2D eigenvalue weighted by Crippen LogP contribution is -2.39. The molecule has 4 rings (SSSR count). The van der Waals surface area contributed by atoms with Crippen molar-refractivity contribution in [1.29, 1.82) is 0 Å². The minimum Gasteiger partial charge on any atom is -0.325 e. The number of aryl methyl sites for hydroxylation is 3. The quantitative estimate of drug-likeness (QED) is 0.690. The van der Waals surface area contributed by atoms with E-state index in [1.54, 1.807) is 11.6 Å².